The molecule has 1 atom stereocenters. The van der Waals surface area contributed by atoms with E-state index in [-0.39, 0.29) is 5.91 Å². The summed E-state index contributed by atoms with van der Waals surface area (Å²) in [4.78, 5) is 32.7. The maximum atomic E-state index is 13.3. The number of anilines is 2. The van der Waals surface area contributed by atoms with Crippen LogP contribution >= 0.6 is 0 Å². The number of likely N-dealkylation sites (N-methyl/N-ethyl adjacent to an activating group) is 1. The average molecular weight is 461 g/mol. The van der Waals surface area contributed by atoms with Crippen molar-refractivity contribution in [3.63, 3.8) is 0 Å². The van der Waals surface area contributed by atoms with Crippen LogP contribution in [0.2, 0.25) is 0 Å². The van der Waals surface area contributed by atoms with Gasteiger partial charge in [-0.1, -0.05) is 97.1 Å². The molecular weight excluding hydrogens is 436 g/mol. The summed E-state index contributed by atoms with van der Waals surface area (Å²) >= 11 is 0. The normalized spacial score (nSPS) is 15.0. The molecular formula is C29H24N4O2. The Morgan fingerprint density at radius 2 is 1.31 bits per heavy atom. The third-order valence-corrected chi connectivity index (χ3v) is 5.92. The Balaban J connectivity index is 1.47. The van der Waals surface area contributed by atoms with E-state index in [1.165, 1.54) is 4.90 Å². The number of benzene rings is 4. The summed E-state index contributed by atoms with van der Waals surface area (Å²) in [6.45, 7) is 0. The first-order chi connectivity index (χ1) is 17.1. The number of hydrogen-bond acceptors (Lipinski definition) is 3. The SMILES string of the molecule is CN1C(=O)C(NC(=O)Nc2ccccc2-c2ccccc2)N=C(c2ccccc2)c2ccccc21. The van der Waals surface area contributed by atoms with Gasteiger partial charge in [0.25, 0.3) is 5.91 Å². The second kappa shape index (κ2) is 9.65. The number of rotatable bonds is 4. The van der Waals surface area contributed by atoms with Gasteiger partial charge in [-0.3, -0.25) is 4.79 Å². The number of nitrogens with zero attached hydrogens (tertiary/aromatic N) is 2. The summed E-state index contributed by atoms with van der Waals surface area (Å²) in [6.07, 6.45) is -1.09. The molecule has 0 aromatic heterocycles. The van der Waals surface area contributed by atoms with E-state index in [9.17, 15) is 9.59 Å². The molecule has 1 heterocycles. The van der Waals surface area contributed by atoms with Crippen LogP contribution < -0.4 is 15.5 Å². The Morgan fingerprint density at radius 1 is 0.743 bits per heavy atom. The highest BCUT2D eigenvalue weighted by molar-refractivity contribution is 6.20. The predicted molar refractivity (Wildman–Crippen MR) is 140 cm³/mol. The molecule has 0 fully saturated rings. The van der Waals surface area contributed by atoms with Gasteiger partial charge in [-0.15, -0.1) is 0 Å². The van der Waals surface area contributed by atoms with Crippen LogP contribution in [0.25, 0.3) is 11.1 Å². The van der Waals surface area contributed by atoms with Crippen molar-refractivity contribution in [3.8, 4) is 11.1 Å². The van der Waals surface area contributed by atoms with Crippen LogP contribution in [0.4, 0.5) is 16.2 Å². The fraction of sp³-hybridized carbons (Fsp3) is 0.0690. The number of para-hydroxylation sites is 2. The van der Waals surface area contributed by atoms with Gasteiger partial charge < -0.3 is 15.5 Å². The zero-order valence-corrected chi connectivity index (χ0v) is 19.2. The lowest BCUT2D eigenvalue weighted by Gasteiger charge is -2.21. The minimum absolute atomic E-state index is 0.324. The van der Waals surface area contributed by atoms with Crippen LogP contribution in [0.15, 0.2) is 114 Å². The van der Waals surface area contributed by atoms with Gasteiger partial charge in [0.15, 0.2) is 0 Å². The molecule has 1 unspecified atom stereocenters. The monoisotopic (exact) mass is 460 g/mol. The van der Waals surface area contributed by atoms with Gasteiger partial charge in [-0.25, -0.2) is 9.79 Å². The molecule has 2 N–H and O–H groups in total. The second-order valence-corrected chi connectivity index (χ2v) is 8.17. The summed E-state index contributed by atoms with van der Waals surface area (Å²) in [5.74, 6) is -0.324. The van der Waals surface area contributed by atoms with Crippen LogP contribution in [0.3, 0.4) is 0 Å². The van der Waals surface area contributed by atoms with E-state index in [4.69, 9.17) is 4.99 Å². The van der Waals surface area contributed by atoms with Crippen LogP contribution in [-0.4, -0.2) is 30.9 Å². The lowest BCUT2D eigenvalue weighted by Crippen LogP contribution is -2.47. The van der Waals surface area contributed by atoms with Gasteiger partial charge >= 0.3 is 6.03 Å². The molecule has 35 heavy (non-hydrogen) atoms. The van der Waals surface area contributed by atoms with Crippen LogP contribution in [0, 0.1) is 0 Å². The topological polar surface area (TPSA) is 73.8 Å². The molecule has 0 spiro atoms. The van der Waals surface area contributed by atoms with Gasteiger partial charge in [0.1, 0.15) is 0 Å². The lowest BCUT2D eigenvalue weighted by atomic mass is 10.0. The first-order valence-corrected chi connectivity index (χ1v) is 11.3. The van der Waals surface area contributed by atoms with Crippen LogP contribution in [0.1, 0.15) is 11.1 Å². The van der Waals surface area contributed by atoms with E-state index in [1.807, 2.05) is 109 Å². The summed E-state index contributed by atoms with van der Waals surface area (Å²) < 4.78 is 0. The number of aliphatic imine (C=N–C) groups is 1. The van der Waals surface area contributed by atoms with Gasteiger partial charge in [-0.2, -0.15) is 0 Å². The molecule has 0 radical (unpaired) electrons. The molecule has 0 aliphatic carbocycles. The van der Waals surface area contributed by atoms with Crippen molar-refractivity contribution >= 4 is 29.0 Å². The number of hydrogen-bond donors (Lipinski definition) is 2. The molecule has 172 valence electrons. The van der Waals surface area contributed by atoms with E-state index >= 15 is 0 Å². The number of carbonyl (C=O) groups is 2. The molecule has 6 nitrogen and oxygen atoms in total. The first kappa shape index (κ1) is 22.1. The van der Waals surface area contributed by atoms with Crippen LogP contribution in [-0.2, 0) is 4.79 Å². The van der Waals surface area contributed by atoms with Crippen LogP contribution in [0.5, 0.6) is 0 Å². The molecule has 3 amide bonds. The van der Waals surface area contributed by atoms with E-state index in [2.05, 4.69) is 10.6 Å². The fourth-order valence-electron chi connectivity index (χ4n) is 4.19. The average Bonchev–Trinajstić information content (AvgIpc) is 3.01. The predicted octanol–water partition coefficient (Wildman–Crippen LogP) is 5.32. The molecule has 6 heteroatoms. The van der Waals surface area contributed by atoms with Crippen molar-refractivity contribution in [2.75, 3.05) is 17.3 Å². The van der Waals surface area contributed by atoms with E-state index in [0.717, 1.165) is 27.9 Å². The minimum atomic E-state index is -1.09. The highest BCUT2D eigenvalue weighted by atomic mass is 16.2. The van der Waals surface area contributed by atoms with Crippen molar-refractivity contribution < 1.29 is 9.59 Å². The molecule has 0 saturated heterocycles. The number of nitrogens with one attached hydrogen (secondary N) is 2. The highest BCUT2D eigenvalue weighted by Gasteiger charge is 2.31. The van der Waals surface area contributed by atoms with Crippen molar-refractivity contribution in [2.45, 2.75) is 6.17 Å². The van der Waals surface area contributed by atoms with Gasteiger partial charge in [0.2, 0.25) is 6.17 Å². The quantitative estimate of drug-likeness (QED) is 0.433. The van der Waals surface area contributed by atoms with E-state index < -0.39 is 12.2 Å². The number of amides is 3. The summed E-state index contributed by atoms with van der Waals surface area (Å²) in [5.41, 5.74) is 5.58. The third kappa shape index (κ3) is 4.54. The number of benzodiazepines with no additional fused rings is 1. The standard InChI is InChI=1S/C29H24N4O2/c1-33-25-19-11-9-17-23(25)26(21-14-6-3-7-15-21)31-27(28(33)34)32-29(35)30-24-18-10-8-16-22(24)20-12-4-2-5-13-20/h2-19,27H,1H3,(H2,30,32,35). The Labute approximate surface area is 203 Å². The molecule has 5 rings (SSSR count). The smallest absolute Gasteiger partial charge is 0.311 e. The Bertz CT molecular complexity index is 1400. The molecule has 0 saturated carbocycles. The summed E-state index contributed by atoms with van der Waals surface area (Å²) in [5, 5.41) is 5.67. The Hall–Kier alpha value is -4.71. The molecule has 4 aromatic rings. The largest absolute Gasteiger partial charge is 0.321 e. The summed E-state index contributed by atoms with van der Waals surface area (Å²) in [7, 11) is 1.70. The van der Waals surface area contributed by atoms with E-state index in [1.54, 1.807) is 7.05 Å². The fourth-order valence-corrected chi connectivity index (χ4v) is 4.19. The second-order valence-electron chi connectivity index (χ2n) is 8.17. The third-order valence-electron chi connectivity index (χ3n) is 5.92. The molecule has 0 bridgehead atoms. The Morgan fingerprint density at radius 3 is 2.03 bits per heavy atom. The van der Waals surface area contributed by atoms with Crippen molar-refractivity contribution in [2.24, 2.45) is 4.99 Å². The molecule has 1 aliphatic heterocycles. The maximum absolute atomic E-state index is 13.3. The van der Waals surface area contributed by atoms with Gasteiger partial charge in [-0.05, 0) is 17.7 Å². The number of fused-ring (bicyclic) bond motifs is 1. The molecule has 4 aromatic carbocycles. The Kier molecular flexibility index (Phi) is 6.09. The maximum Gasteiger partial charge on any atom is 0.321 e. The zero-order valence-electron chi connectivity index (χ0n) is 19.2. The van der Waals surface area contributed by atoms with Gasteiger partial charge in [0.05, 0.1) is 17.1 Å². The highest BCUT2D eigenvalue weighted by Crippen LogP contribution is 2.29. The minimum Gasteiger partial charge on any atom is -0.311 e. The van der Waals surface area contributed by atoms with Crippen molar-refractivity contribution in [1.82, 2.24) is 5.32 Å². The van der Waals surface area contributed by atoms with E-state index in [0.29, 0.717) is 11.4 Å². The first-order valence-electron chi connectivity index (χ1n) is 11.3. The van der Waals surface area contributed by atoms with Crippen molar-refractivity contribution in [1.29, 1.82) is 0 Å². The molecule has 1 aliphatic rings. The van der Waals surface area contributed by atoms with Crippen molar-refractivity contribution in [3.05, 3.63) is 120 Å². The lowest BCUT2D eigenvalue weighted by molar-refractivity contribution is -0.119. The zero-order chi connectivity index (χ0) is 24.2. The number of carbonyl (C=O) groups excluding carboxylic acids is 2. The number of urea groups is 1. The van der Waals surface area contributed by atoms with Gasteiger partial charge in [0, 0.05) is 23.7 Å². The summed E-state index contributed by atoms with van der Waals surface area (Å²) in [6, 6.07) is 34.1.